The Balaban J connectivity index is 2.15. The number of halogens is 1. The molecule has 2 rings (SSSR count). The first-order chi connectivity index (χ1) is 13.4. The quantitative estimate of drug-likeness (QED) is 0.681. The lowest BCUT2D eigenvalue weighted by Gasteiger charge is -2.12. The Morgan fingerprint density at radius 3 is 2.07 bits per heavy atom. The van der Waals surface area contributed by atoms with E-state index < -0.39 is 17.8 Å². The van der Waals surface area contributed by atoms with E-state index in [2.05, 4.69) is 20.1 Å². The summed E-state index contributed by atoms with van der Waals surface area (Å²) in [7, 11) is 3.93. The van der Waals surface area contributed by atoms with Crippen molar-refractivity contribution in [2.75, 3.05) is 38.5 Å². The number of benzene rings is 2. The maximum absolute atomic E-state index is 12.3. The van der Waals surface area contributed by atoms with Gasteiger partial charge >= 0.3 is 11.9 Å². The van der Waals surface area contributed by atoms with E-state index in [1.165, 1.54) is 39.5 Å². The summed E-state index contributed by atoms with van der Waals surface area (Å²) in [5, 5.41) is 6.01. The van der Waals surface area contributed by atoms with Gasteiger partial charge in [0.25, 0.3) is 0 Å². The topological polar surface area (TPSA) is 103 Å². The molecular formula is C19H19ClN2O6. The lowest BCUT2D eigenvalue weighted by Crippen LogP contribution is -2.22. The second-order valence-electron chi connectivity index (χ2n) is 5.53. The minimum absolute atomic E-state index is 0.102. The van der Waals surface area contributed by atoms with E-state index in [0.29, 0.717) is 16.5 Å². The molecule has 0 aromatic heterocycles. The van der Waals surface area contributed by atoms with Crippen LogP contribution in [0.5, 0.6) is 5.75 Å². The van der Waals surface area contributed by atoms with Crippen LogP contribution in [0.15, 0.2) is 36.4 Å². The summed E-state index contributed by atoms with van der Waals surface area (Å²) in [6.07, 6.45) is 0. The van der Waals surface area contributed by atoms with Crippen molar-refractivity contribution in [3.63, 3.8) is 0 Å². The predicted octanol–water partition coefficient (Wildman–Crippen LogP) is 2.97. The van der Waals surface area contributed by atoms with Gasteiger partial charge in [0.05, 0.1) is 44.7 Å². The van der Waals surface area contributed by atoms with Gasteiger partial charge in [-0.25, -0.2) is 9.59 Å². The molecule has 0 spiro atoms. The molecule has 2 N–H and O–H groups in total. The van der Waals surface area contributed by atoms with Gasteiger partial charge < -0.3 is 24.8 Å². The van der Waals surface area contributed by atoms with E-state index in [0.717, 1.165) is 0 Å². The molecule has 0 unspecified atom stereocenters. The normalized spacial score (nSPS) is 10.0. The molecule has 0 radical (unpaired) electrons. The third-order valence-electron chi connectivity index (χ3n) is 3.66. The third kappa shape index (κ3) is 5.37. The number of carbonyl (C=O) groups is 3. The molecule has 0 atom stereocenters. The van der Waals surface area contributed by atoms with Crippen LogP contribution >= 0.6 is 11.6 Å². The van der Waals surface area contributed by atoms with E-state index in [-0.39, 0.29) is 23.4 Å². The molecule has 0 fully saturated rings. The smallest absolute Gasteiger partial charge is 0.337 e. The first kappa shape index (κ1) is 21.0. The number of amides is 1. The summed E-state index contributed by atoms with van der Waals surface area (Å²) >= 11 is 5.96. The second kappa shape index (κ2) is 9.61. The Bertz CT molecular complexity index is 866. The molecule has 8 nitrogen and oxygen atoms in total. The van der Waals surface area contributed by atoms with Gasteiger partial charge in [-0.2, -0.15) is 0 Å². The number of ether oxygens (including phenoxy) is 3. The number of methoxy groups -OCH3 is 3. The van der Waals surface area contributed by atoms with Gasteiger partial charge in [-0.15, -0.1) is 0 Å². The largest absolute Gasteiger partial charge is 0.495 e. The highest BCUT2D eigenvalue weighted by atomic mass is 35.5. The number of anilines is 2. The molecule has 0 aliphatic carbocycles. The van der Waals surface area contributed by atoms with Crippen molar-refractivity contribution in [1.82, 2.24) is 0 Å². The van der Waals surface area contributed by atoms with E-state index >= 15 is 0 Å². The monoisotopic (exact) mass is 406 g/mol. The average Bonchev–Trinajstić information content (AvgIpc) is 2.70. The van der Waals surface area contributed by atoms with Crippen molar-refractivity contribution >= 4 is 40.8 Å². The number of esters is 2. The van der Waals surface area contributed by atoms with Crippen LogP contribution in [0.3, 0.4) is 0 Å². The molecule has 0 bridgehead atoms. The first-order valence-corrected chi connectivity index (χ1v) is 8.44. The Kier molecular flexibility index (Phi) is 7.22. The molecule has 2 aromatic carbocycles. The maximum atomic E-state index is 12.3. The highest BCUT2D eigenvalue weighted by Gasteiger charge is 2.15. The summed E-state index contributed by atoms with van der Waals surface area (Å²) in [5.41, 5.74) is 0.993. The SMILES string of the molecule is COC(=O)c1cc(NC(=O)CNc2cc(Cl)ccc2OC)cc(C(=O)OC)c1. The number of nitrogens with one attached hydrogen (secondary N) is 2. The fourth-order valence-electron chi connectivity index (χ4n) is 2.37. The number of rotatable bonds is 7. The van der Waals surface area contributed by atoms with Crippen LogP contribution in [-0.2, 0) is 14.3 Å². The fraction of sp³-hybridized carbons (Fsp3) is 0.211. The Hall–Kier alpha value is -3.26. The van der Waals surface area contributed by atoms with Gasteiger partial charge in [0.1, 0.15) is 5.75 Å². The lowest BCUT2D eigenvalue weighted by molar-refractivity contribution is -0.114. The van der Waals surface area contributed by atoms with E-state index in [1.54, 1.807) is 18.2 Å². The van der Waals surface area contributed by atoms with Crippen LogP contribution in [0.2, 0.25) is 5.02 Å². The van der Waals surface area contributed by atoms with Crippen molar-refractivity contribution in [3.05, 3.63) is 52.5 Å². The zero-order chi connectivity index (χ0) is 20.7. The van der Waals surface area contributed by atoms with Gasteiger partial charge in [-0.05, 0) is 36.4 Å². The molecule has 0 aliphatic heterocycles. The molecule has 2 aromatic rings. The molecule has 0 saturated carbocycles. The highest BCUT2D eigenvalue weighted by molar-refractivity contribution is 6.31. The first-order valence-electron chi connectivity index (χ1n) is 8.07. The summed E-state index contributed by atoms with van der Waals surface area (Å²) in [4.78, 5) is 35.9. The van der Waals surface area contributed by atoms with Gasteiger partial charge in [-0.3, -0.25) is 4.79 Å². The summed E-state index contributed by atoms with van der Waals surface area (Å²) in [6.45, 7) is -0.104. The molecule has 9 heteroatoms. The summed E-state index contributed by atoms with van der Waals surface area (Å²) in [5.74, 6) is -1.19. The molecular weight excluding hydrogens is 388 g/mol. The van der Waals surface area contributed by atoms with Crippen molar-refractivity contribution in [1.29, 1.82) is 0 Å². The van der Waals surface area contributed by atoms with Crippen molar-refractivity contribution < 1.29 is 28.6 Å². The molecule has 148 valence electrons. The van der Waals surface area contributed by atoms with Gasteiger partial charge in [-0.1, -0.05) is 11.6 Å². The third-order valence-corrected chi connectivity index (χ3v) is 3.89. The van der Waals surface area contributed by atoms with Crippen LogP contribution in [-0.4, -0.2) is 45.7 Å². The van der Waals surface area contributed by atoms with Gasteiger partial charge in [0, 0.05) is 10.7 Å². The zero-order valence-corrected chi connectivity index (χ0v) is 16.3. The number of hydrogen-bond acceptors (Lipinski definition) is 7. The van der Waals surface area contributed by atoms with Crippen LogP contribution in [0.1, 0.15) is 20.7 Å². The molecule has 0 aliphatic rings. The van der Waals surface area contributed by atoms with Crippen LogP contribution in [0.4, 0.5) is 11.4 Å². The van der Waals surface area contributed by atoms with Crippen LogP contribution < -0.4 is 15.4 Å². The lowest BCUT2D eigenvalue weighted by atomic mass is 10.1. The van der Waals surface area contributed by atoms with Crippen molar-refractivity contribution in [2.45, 2.75) is 0 Å². The highest BCUT2D eigenvalue weighted by Crippen LogP contribution is 2.27. The number of hydrogen-bond donors (Lipinski definition) is 2. The Morgan fingerprint density at radius 2 is 1.54 bits per heavy atom. The minimum atomic E-state index is -0.650. The van der Waals surface area contributed by atoms with Crippen molar-refractivity contribution in [2.24, 2.45) is 0 Å². The minimum Gasteiger partial charge on any atom is -0.495 e. The molecule has 1 amide bonds. The standard InChI is InChI=1S/C19H19ClN2O6/c1-26-16-5-4-13(20)9-15(16)21-10-17(23)22-14-7-11(18(24)27-2)6-12(8-14)19(25)28-3/h4-9,21H,10H2,1-3H3,(H,22,23). The van der Waals surface area contributed by atoms with Crippen LogP contribution in [0, 0.1) is 0 Å². The second-order valence-corrected chi connectivity index (χ2v) is 5.96. The van der Waals surface area contributed by atoms with Crippen LogP contribution in [0.25, 0.3) is 0 Å². The molecule has 28 heavy (non-hydrogen) atoms. The molecule has 0 heterocycles. The van der Waals surface area contributed by atoms with Gasteiger partial charge in [0.15, 0.2) is 0 Å². The van der Waals surface area contributed by atoms with Gasteiger partial charge in [0.2, 0.25) is 5.91 Å². The summed E-state index contributed by atoms with van der Waals surface area (Å²) < 4.78 is 14.5. The van der Waals surface area contributed by atoms with E-state index in [4.69, 9.17) is 16.3 Å². The van der Waals surface area contributed by atoms with Crippen molar-refractivity contribution in [3.8, 4) is 5.75 Å². The Labute approximate surface area is 166 Å². The average molecular weight is 407 g/mol. The zero-order valence-electron chi connectivity index (χ0n) is 15.5. The fourth-order valence-corrected chi connectivity index (χ4v) is 2.54. The Morgan fingerprint density at radius 1 is 0.929 bits per heavy atom. The maximum Gasteiger partial charge on any atom is 0.337 e. The molecule has 0 saturated heterocycles. The summed E-state index contributed by atoms with van der Waals surface area (Å²) in [6, 6.07) is 9.08. The van der Waals surface area contributed by atoms with E-state index in [9.17, 15) is 14.4 Å². The predicted molar refractivity (Wildman–Crippen MR) is 104 cm³/mol. The van der Waals surface area contributed by atoms with E-state index in [1.807, 2.05) is 0 Å². The number of carbonyl (C=O) groups excluding carboxylic acids is 3.